The Balaban J connectivity index is 1.97. The quantitative estimate of drug-likeness (QED) is 0.759. The van der Waals surface area contributed by atoms with Gasteiger partial charge in [-0.25, -0.2) is 0 Å². The predicted molar refractivity (Wildman–Crippen MR) is 85.7 cm³/mol. The molecule has 1 heterocycles. The molecule has 0 saturated heterocycles. The van der Waals surface area contributed by atoms with Gasteiger partial charge in [0.05, 0.1) is 21.3 Å². The molecule has 0 fully saturated rings. The Kier molecular flexibility index (Phi) is 6.03. The van der Waals surface area contributed by atoms with Crippen molar-refractivity contribution in [3.8, 4) is 17.2 Å². The number of pyridine rings is 1. The number of rotatable bonds is 8. The number of ether oxygens (including phenoxy) is 3. The molecule has 1 aromatic carbocycles. The van der Waals surface area contributed by atoms with Crippen molar-refractivity contribution in [3.05, 3.63) is 47.8 Å². The van der Waals surface area contributed by atoms with Crippen molar-refractivity contribution in [2.75, 3.05) is 27.9 Å². The molecule has 2 rings (SSSR count). The van der Waals surface area contributed by atoms with E-state index in [-0.39, 0.29) is 0 Å². The van der Waals surface area contributed by atoms with Crippen LogP contribution in [0.5, 0.6) is 17.2 Å². The second kappa shape index (κ2) is 8.24. The molecule has 0 bridgehead atoms. The molecule has 2 aromatic rings. The minimum atomic E-state index is 0.619. The number of benzene rings is 1. The lowest BCUT2D eigenvalue weighted by Crippen LogP contribution is -2.17. The molecule has 1 aromatic heterocycles. The third-order valence-electron chi connectivity index (χ3n) is 3.39. The maximum absolute atomic E-state index is 5.47. The van der Waals surface area contributed by atoms with Crippen LogP contribution in [0.1, 0.15) is 11.3 Å². The molecular formula is C17H22N2O3. The highest BCUT2D eigenvalue weighted by Gasteiger charge is 2.15. The van der Waals surface area contributed by atoms with E-state index in [1.54, 1.807) is 21.3 Å². The summed E-state index contributed by atoms with van der Waals surface area (Å²) in [5, 5.41) is 3.40. The van der Waals surface area contributed by atoms with Gasteiger partial charge in [0.2, 0.25) is 5.75 Å². The number of hydrogen-bond acceptors (Lipinski definition) is 5. The Morgan fingerprint density at radius 1 is 0.955 bits per heavy atom. The molecule has 1 N–H and O–H groups in total. The summed E-state index contributed by atoms with van der Waals surface area (Å²) in [6.45, 7) is 1.53. The molecule has 5 nitrogen and oxygen atoms in total. The smallest absolute Gasteiger partial charge is 0.203 e. The standard InChI is InChI=1S/C17H22N2O3/c1-20-15-8-7-13(16(21-2)17(15)22-3)12-18-11-9-14-6-4-5-10-19-14/h4-8,10,18H,9,11-12H2,1-3H3. The zero-order valence-electron chi connectivity index (χ0n) is 13.3. The average Bonchev–Trinajstić information content (AvgIpc) is 2.58. The lowest BCUT2D eigenvalue weighted by Gasteiger charge is -2.16. The van der Waals surface area contributed by atoms with E-state index in [2.05, 4.69) is 10.3 Å². The third-order valence-corrected chi connectivity index (χ3v) is 3.39. The topological polar surface area (TPSA) is 52.6 Å². The van der Waals surface area contributed by atoms with Crippen molar-refractivity contribution in [1.29, 1.82) is 0 Å². The number of methoxy groups -OCH3 is 3. The first kappa shape index (κ1) is 16.1. The second-order valence-electron chi connectivity index (χ2n) is 4.74. The molecule has 0 unspecified atom stereocenters. The highest BCUT2D eigenvalue weighted by Crippen LogP contribution is 2.39. The normalized spacial score (nSPS) is 10.3. The van der Waals surface area contributed by atoms with Gasteiger partial charge in [0.25, 0.3) is 0 Å². The summed E-state index contributed by atoms with van der Waals surface area (Å²) in [6.07, 6.45) is 2.70. The predicted octanol–water partition coefficient (Wildman–Crippen LogP) is 2.44. The molecule has 0 aliphatic heterocycles. The summed E-state index contributed by atoms with van der Waals surface area (Å²) in [6, 6.07) is 9.81. The van der Waals surface area contributed by atoms with E-state index in [1.807, 2.05) is 36.5 Å². The van der Waals surface area contributed by atoms with Crippen LogP contribution in [-0.2, 0) is 13.0 Å². The van der Waals surface area contributed by atoms with Crippen LogP contribution in [0, 0.1) is 0 Å². The van der Waals surface area contributed by atoms with Crippen LogP contribution in [0.25, 0.3) is 0 Å². The zero-order chi connectivity index (χ0) is 15.8. The van der Waals surface area contributed by atoms with Crippen molar-refractivity contribution >= 4 is 0 Å². The first-order valence-corrected chi connectivity index (χ1v) is 7.18. The Labute approximate surface area is 131 Å². The van der Waals surface area contributed by atoms with Gasteiger partial charge in [-0.05, 0) is 18.2 Å². The fraction of sp³-hybridized carbons (Fsp3) is 0.353. The van der Waals surface area contributed by atoms with Gasteiger partial charge in [-0.1, -0.05) is 12.1 Å². The maximum atomic E-state index is 5.47. The van der Waals surface area contributed by atoms with Crippen LogP contribution in [0.4, 0.5) is 0 Å². The third kappa shape index (κ3) is 3.89. The minimum Gasteiger partial charge on any atom is -0.493 e. The molecule has 0 aliphatic rings. The Morgan fingerprint density at radius 2 is 1.77 bits per heavy atom. The maximum Gasteiger partial charge on any atom is 0.203 e. The molecular weight excluding hydrogens is 280 g/mol. The summed E-state index contributed by atoms with van der Waals surface area (Å²) in [5.41, 5.74) is 2.11. The summed E-state index contributed by atoms with van der Waals surface area (Å²) in [7, 11) is 4.86. The molecule has 0 saturated carbocycles. The molecule has 0 amide bonds. The Bertz CT molecular complexity index is 588. The van der Waals surface area contributed by atoms with Crippen molar-refractivity contribution in [2.45, 2.75) is 13.0 Å². The highest BCUT2D eigenvalue weighted by molar-refractivity contribution is 5.55. The van der Waals surface area contributed by atoms with E-state index in [4.69, 9.17) is 14.2 Å². The lowest BCUT2D eigenvalue weighted by atomic mass is 10.1. The van der Waals surface area contributed by atoms with Crippen molar-refractivity contribution in [1.82, 2.24) is 10.3 Å². The van der Waals surface area contributed by atoms with Crippen LogP contribution >= 0.6 is 0 Å². The molecule has 0 radical (unpaired) electrons. The van der Waals surface area contributed by atoms with E-state index in [0.717, 1.165) is 24.2 Å². The molecule has 118 valence electrons. The molecule has 0 atom stereocenters. The monoisotopic (exact) mass is 302 g/mol. The average molecular weight is 302 g/mol. The first-order chi connectivity index (χ1) is 10.8. The van der Waals surface area contributed by atoms with Gasteiger partial charge in [-0.3, -0.25) is 4.98 Å². The fourth-order valence-corrected chi connectivity index (χ4v) is 2.29. The lowest BCUT2D eigenvalue weighted by molar-refractivity contribution is 0.321. The van der Waals surface area contributed by atoms with E-state index < -0.39 is 0 Å². The van der Waals surface area contributed by atoms with E-state index in [1.165, 1.54) is 0 Å². The summed E-state index contributed by atoms with van der Waals surface area (Å²) >= 11 is 0. The van der Waals surface area contributed by atoms with Crippen molar-refractivity contribution in [2.24, 2.45) is 0 Å². The molecule has 0 spiro atoms. The number of nitrogens with one attached hydrogen (secondary N) is 1. The highest BCUT2D eigenvalue weighted by atomic mass is 16.5. The van der Waals surface area contributed by atoms with Gasteiger partial charge >= 0.3 is 0 Å². The molecule has 5 heteroatoms. The van der Waals surface area contributed by atoms with Gasteiger partial charge in [0.1, 0.15) is 0 Å². The Morgan fingerprint density at radius 3 is 2.41 bits per heavy atom. The van der Waals surface area contributed by atoms with Crippen LogP contribution in [0.2, 0.25) is 0 Å². The van der Waals surface area contributed by atoms with Crippen LogP contribution in [-0.4, -0.2) is 32.9 Å². The van der Waals surface area contributed by atoms with Crippen LogP contribution in [0.15, 0.2) is 36.5 Å². The summed E-state index contributed by atoms with van der Waals surface area (Å²) < 4.78 is 16.1. The van der Waals surface area contributed by atoms with Gasteiger partial charge in [-0.15, -0.1) is 0 Å². The van der Waals surface area contributed by atoms with E-state index in [9.17, 15) is 0 Å². The Hall–Kier alpha value is -2.27. The van der Waals surface area contributed by atoms with Gasteiger partial charge in [0, 0.05) is 37.0 Å². The first-order valence-electron chi connectivity index (χ1n) is 7.18. The fourth-order valence-electron chi connectivity index (χ4n) is 2.29. The molecule has 22 heavy (non-hydrogen) atoms. The minimum absolute atomic E-state index is 0.619. The summed E-state index contributed by atoms with van der Waals surface area (Å²) in [5.74, 6) is 1.98. The molecule has 0 aliphatic carbocycles. The second-order valence-corrected chi connectivity index (χ2v) is 4.74. The van der Waals surface area contributed by atoms with E-state index in [0.29, 0.717) is 23.8 Å². The largest absolute Gasteiger partial charge is 0.493 e. The van der Waals surface area contributed by atoms with Gasteiger partial charge in [0.15, 0.2) is 11.5 Å². The zero-order valence-corrected chi connectivity index (χ0v) is 13.3. The SMILES string of the molecule is COc1ccc(CNCCc2ccccn2)c(OC)c1OC. The van der Waals surface area contributed by atoms with Crippen LogP contribution < -0.4 is 19.5 Å². The number of hydrogen-bond donors (Lipinski definition) is 1. The van der Waals surface area contributed by atoms with E-state index >= 15 is 0 Å². The number of aromatic nitrogens is 1. The van der Waals surface area contributed by atoms with Crippen molar-refractivity contribution < 1.29 is 14.2 Å². The van der Waals surface area contributed by atoms with Gasteiger partial charge < -0.3 is 19.5 Å². The van der Waals surface area contributed by atoms with Crippen molar-refractivity contribution in [3.63, 3.8) is 0 Å². The number of nitrogens with zero attached hydrogens (tertiary/aromatic N) is 1. The van der Waals surface area contributed by atoms with Gasteiger partial charge in [-0.2, -0.15) is 0 Å². The van der Waals surface area contributed by atoms with Crippen LogP contribution in [0.3, 0.4) is 0 Å². The summed E-state index contributed by atoms with van der Waals surface area (Å²) in [4.78, 5) is 4.31.